The van der Waals surface area contributed by atoms with Crippen LogP contribution in [0.1, 0.15) is 57.8 Å². The summed E-state index contributed by atoms with van der Waals surface area (Å²) in [5.74, 6) is 0.903. The predicted molar refractivity (Wildman–Crippen MR) is 89.1 cm³/mol. The van der Waals surface area contributed by atoms with Crippen molar-refractivity contribution in [2.75, 3.05) is 12.3 Å². The molecule has 0 unspecified atom stereocenters. The van der Waals surface area contributed by atoms with Crippen molar-refractivity contribution in [3.8, 4) is 0 Å². The molecule has 0 aliphatic rings. The van der Waals surface area contributed by atoms with Gasteiger partial charge in [0.25, 0.3) is 0 Å². The molecule has 0 aliphatic carbocycles. The first-order valence-electron chi connectivity index (χ1n) is 8.22. The zero-order valence-corrected chi connectivity index (χ0v) is 13.7. The third-order valence-corrected chi connectivity index (χ3v) is 3.92. The summed E-state index contributed by atoms with van der Waals surface area (Å²) in [5, 5.41) is 0. The Labute approximate surface area is 130 Å². The molecule has 0 atom stereocenters. The van der Waals surface area contributed by atoms with Gasteiger partial charge in [-0.2, -0.15) is 12.6 Å². The number of unbranched alkanes of at least 4 members (excludes halogenated alkanes) is 8. The van der Waals surface area contributed by atoms with Crippen molar-refractivity contribution in [3.05, 3.63) is 18.7 Å². The molecule has 0 radical (unpaired) electrons. The fourth-order valence-corrected chi connectivity index (χ4v) is 2.73. The van der Waals surface area contributed by atoms with Crippen LogP contribution in [-0.2, 0) is 13.1 Å². The Morgan fingerprint density at radius 3 is 2.10 bits per heavy atom. The number of thiol groups is 1. The Bertz CT molecular complexity index is 325. The molecule has 1 rings (SSSR count). The van der Waals surface area contributed by atoms with E-state index in [2.05, 4.69) is 40.5 Å². The Morgan fingerprint density at radius 1 is 0.900 bits per heavy atom. The van der Waals surface area contributed by atoms with Gasteiger partial charge >= 0.3 is 0 Å². The summed E-state index contributed by atoms with van der Waals surface area (Å²) >= 11 is 4.25. The Morgan fingerprint density at radius 2 is 1.50 bits per heavy atom. The summed E-state index contributed by atoms with van der Waals surface area (Å²) in [6, 6.07) is 0. The second-order valence-corrected chi connectivity index (χ2v) is 6.03. The highest BCUT2D eigenvalue weighted by atomic mass is 32.1. The van der Waals surface area contributed by atoms with E-state index in [1.807, 2.05) is 0 Å². The van der Waals surface area contributed by atoms with Crippen molar-refractivity contribution < 1.29 is 4.57 Å². The lowest BCUT2D eigenvalue weighted by Crippen LogP contribution is -2.30. The summed E-state index contributed by atoms with van der Waals surface area (Å²) in [6.45, 7) is 3.00. The van der Waals surface area contributed by atoms with Crippen LogP contribution in [0.3, 0.4) is 0 Å². The maximum Gasteiger partial charge on any atom is 0.243 e. The second kappa shape index (κ2) is 12.3. The first-order valence-corrected chi connectivity index (χ1v) is 8.86. The quantitative estimate of drug-likeness (QED) is 0.327. The molecule has 1 heterocycles. The van der Waals surface area contributed by atoms with E-state index < -0.39 is 0 Å². The highest BCUT2D eigenvalue weighted by Gasteiger charge is 2.02. The number of imidazole rings is 1. The second-order valence-electron chi connectivity index (χ2n) is 5.58. The zero-order valence-electron chi connectivity index (χ0n) is 12.8. The number of rotatable bonds is 13. The van der Waals surface area contributed by atoms with Crippen LogP contribution in [0, 0.1) is 0 Å². The molecule has 0 aliphatic heterocycles. The highest BCUT2D eigenvalue weighted by Crippen LogP contribution is 2.09. The molecular weight excluding hydrogens is 266 g/mol. The van der Waals surface area contributed by atoms with Gasteiger partial charge in [0.2, 0.25) is 6.33 Å². The molecular formula is C16H32N3S+. The van der Waals surface area contributed by atoms with Gasteiger partial charge in [0.15, 0.2) is 0 Å². The summed E-state index contributed by atoms with van der Waals surface area (Å²) in [4.78, 5) is 0. The van der Waals surface area contributed by atoms with Crippen LogP contribution in [-0.4, -0.2) is 16.9 Å². The summed E-state index contributed by atoms with van der Waals surface area (Å²) in [6.07, 6.45) is 18.6. The Balaban J connectivity index is 1.89. The van der Waals surface area contributed by atoms with Crippen molar-refractivity contribution in [1.82, 2.24) is 4.57 Å². The van der Waals surface area contributed by atoms with Crippen LogP contribution in [0.5, 0.6) is 0 Å². The number of nitrogens with two attached hydrogens (primary N) is 1. The molecule has 0 fully saturated rings. The van der Waals surface area contributed by atoms with Crippen LogP contribution in [0.4, 0.5) is 0 Å². The average molecular weight is 299 g/mol. The number of hydrogen-bond donors (Lipinski definition) is 2. The summed E-state index contributed by atoms with van der Waals surface area (Å²) in [7, 11) is 0. The van der Waals surface area contributed by atoms with E-state index in [-0.39, 0.29) is 0 Å². The van der Waals surface area contributed by atoms with Crippen molar-refractivity contribution in [2.45, 2.75) is 70.9 Å². The van der Waals surface area contributed by atoms with Crippen LogP contribution in [0.15, 0.2) is 18.7 Å². The normalized spacial score (nSPS) is 11.1. The van der Waals surface area contributed by atoms with Crippen LogP contribution in [0.2, 0.25) is 0 Å². The molecule has 4 heteroatoms. The lowest BCUT2D eigenvalue weighted by Gasteiger charge is -2.01. The van der Waals surface area contributed by atoms with E-state index in [1.54, 1.807) is 0 Å². The standard InChI is InChI=1S/C16H31N3S/c17-10-8-6-4-2-1-3-5-7-9-11-18-12-13-19(16-18)14-15-20/h12-13,16H,1-11,14-15,17H2/p+1. The van der Waals surface area contributed by atoms with Gasteiger partial charge in [-0.3, -0.25) is 0 Å². The molecule has 0 aromatic carbocycles. The molecule has 1 aromatic rings. The minimum absolute atomic E-state index is 0.855. The molecule has 2 N–H and O–H groups in total. The maximum atomic E-state index is 5.48. The van der Waals surface area contributed by atoms with E-state index in [1.165, 1.54) is 57.8 Å². The van der Waals surface area contributed by atoms with E-state index in [0.717, 1.165) is 25.4 Å². The van der Waals surface area contributed by atoms with Crippen LogP contribution >= 0.6 is 12.6 Å². The van der Waals surface area contributed by atoms with Gasteiger partial charge < -0.3 is 5.73 Å². The van der Waals surface area contributed by atoms with Gasteiger partial charge in [0, 0.05) is 5.75 Å². The van der Waals surface area contributed by atoms with Crippen molar-refractivity contribution in [2.24, 2.45) is 5.73 Å². The van der Waals surface area contributed by atoms with Crippen molar-refractivity contribution >= 4 is 12.6 Å². The first kappa shape index (κ1) is 17.6. The monoisotopic (exact) mass is 298 g/mol. The fraction of sp³-hybridized carbons (Fsp3) is 0.812. The van der Waals surface area contributed by atoms with Crippen molar-refractivity contribution in [1.29, 1.82) is 0 Å². The van der Waals surface area contributed by atoms with Crippen LogP contribution in [0.25, 0.3) is 0 Å². The largest absolute Gasteiger partial charge is 0.330 e. The smallest absolute Gasteiger partial charge is 0.243 e. The minimum atomic E-state index is 0.855. The maximum absolute atomic E-state index is 5.48. The molecule has 0 spiro atoms. The SMILES string of the molecule is NCCCCCCCCCCC[n+]1ccn(CCS)c1. The van der Waals surface area contributed by atoms with Crippen molar-refractivity contribution in [3.63, 3.8) is 0 Å². The van der Waals surface area contributed by atoms with Gasteiger partial charge in [0.05, 0.1) is 13.1 Å². The third-order valence-electron chi connectivity index (χ3n) is 3.72. The minimum Gasteiger partial charge on any atom is -0.330 e. The summed E-state index contributed by atoms with van der Waals surface area (Å²) in [5.41, 5.74) is 5.48. The van der Waals surface area contributed by atoms with E-state index >= 15 is 0 Å². The molecule has 1 aromatic heterocycles. The number of aryl methyl sites for hydroxylation is 2. The third kappa shape index (κ3) is 8.64. The molecule has 116 valence electrons. The van der Waals surface area contributed by atoms with Crippen LogP contribution < -0.4 is 10.3 Å². The molecule has 20 heavy (non-hydrogen) atoms. The van der Waals surface area contributed by atoms with E-state index in [9.17, 15) is 0 Å². The Hall–Kier alpha value is -0.480. The number of aromatic nitrogens is 2. The number of nitrogens with zero attached hydrogens (tertiary/aromatic N) is 2. The lowest BCUT2D eigenvalue weighted by atomic mass is 10.1. The fourth-order valence-electron chi connectivity index (χ4n) is 2.49. The molecule has 0 saturated heterocycles. The van der Waals surface area contributed by atoms with E-state index in [4.69, 9.17) is 5.73 Å². The number of hydrogen-bond acceptors (Lipinski definition) is 2. The zero-order chi connectivity index (χ0) is 14.5. The van der Waals surface area contributed by atoms with Gasteiger partial charge in [-0.1, -0.05) is 38.5 Å². The van der Waals surface area contributed by atoms with Gasteiger partial charge in [-0.05, 0) is 25.8 Å². The van der Waals surface area contributed by atoms with Gasteiger partial charge in [0.1, 0.15) is 12.4 Å². The van der Waals surface area contributed by atoms with Gasteiger partial charge in [-0.15, -0.1) is 0 Å². The molecule has 0 saturated carbocycles. The molecule has 3 nitrogen and oxygen atoms in total. The van der Waals surface area contributed by atoms with E-state index in [0.29, 0.717) is 0 Å². The van der Waals surface area contributed by atoms with Gasteiger partial charge in [-0.25, -0.2) is 9.13 Å². The first-order chi connectivity index (χ1) is 9.86. The summed E-state index contributed by atoms with van der Waals surface area (Å²) < 4.78 is 4.49. The topological polar surface area (TPSA) is 34.8 Å². The predicted octanol–water partition coefficient (Wildman–Crippen LogP) is 3.18. The molecule has 0 amide bonds. The molecule has 0 bridgehead atoms. The Kier molecular flexibility index (Phi) is 10.8. The highest BCUT2D eigenvalue weighted by molar-refractivity contribution is 7.80. The lowest BCUT2D eigenvalue weighted by molar-refractivity contribution is -0.696. The average Bonchev–Trinajstić information content (AvgIpc) is 2.89.